The summed E-state index contributed by atoms with van der Waals surface area (Å²) in [5, 5.41) is 13.9. The first-order chi connectivity index (χ1) is 32.5. The molecule has 0 radical (unpaired) electrons. The molecule has 5 aliphatic rings. The number of hydrogen-bond acceptors (Lipinski definition) is 14. The maximum absolute atomic E-state index is 13.8. The number of rotatable bonds is 15. The van der Waals surface area contributed by atoms with E-state index in [1.165, 1.54) is 9.91 Å². The van der Waals surface area contributed by atoms with Gasteiger partial charge in [0, 0.05) is 106 Å². The maximum Gasteiger partial charge on any atom is 0.277 e. The molecule has 6 heterocycles. The normalized spacial score (nSPS) is 19.8. The Kier molecular flexibility index (Phi) is 15.3. The van der Waals surface area contributed by atoms with Gasteiger partial charge in [-0.1, -0.05) is 32.1 Å². The van der Waals surface area contributed by atoms with Crippen molar-refractivity contribution in [3.05, 3.63) is 102 Å². The highest BCUT2D eigenvalue weighted by molar-refractivity contribution is 6.24. The van der Waals surface area contributed by atoms with Gasteiger partial charge in [-0.3, -0.25) is 39.1 Å². The molecule has 8 rings (SSSR count). The molecule has 1 atom stereocenters. The molecule has 17 nitrogen and oxygen atoms in total. The van der Waals surface area contributed by atoms with Gasteiger partial charge in [0.25, 0.3) is 17.7 Å². The fourth-order valence-electron chi connectivity index (χ4n) is 9.98. The predicted octanol–water partition coefficient (Wildman–Crippen LogP) is 5.77. The fraction of sp³-hybridized carbons (Fsp3) is 0.440. The van der Waals surface area contributed by atoms with Gasteiger partial charge in [0.1, 0.15) is 5.56 Å². The first-order valence-corrected chi connectivity index (χ1v) is 23.2. The molecule has 1 spiro atoms. The average molecular weight is 914 g/mol. The molecule has 3 aromatic rings. The van der Waals surface area contributed by atoms with Crippen molar-refractivity contribution in [1.29, 1.82) is 0 Å². The second kappa shape index (κ2) is 21.3. The first kappa shape index (κ1) is 48.2. The van der Waals surface area contributed by atoms with Gasteiger partial charge in [0.05, 0.1) is 23.4 Å². The molecule has 4 N–H and O–H groups in total. The van der Waals surface area contributed by atoms with Gasteiger partial charge in [-0.05, 0) is 94.0 Å². The molecular formula is C50H63N11O6. The number of carbonyl (C=O) groups excluding carboxylic acids is 5. The number of nitrogens with one attached hydrogen (secondary N) is 3. The third-order valence-corrected chi connectivity index (χ3v) is 13.5. The highest BCUT2D eigenvalue weighted by Crippen LogP contribution is 2.46. The molecule has 354 valence electrons. The van der Waals surface area contributed by atoms with Crippen LogP contribution in [0.3, 0.4) is 0 Å². The largest absolute Gasteiger partial charge is 0.400 e. The zero-order valence-corrected chi connectivity index (χ0v) is 39.2. The number of piperidine rings is 1. The zero-order chi connectivity index (χ0) is 47.8. The van der Waals surface area contributed by atoms with E-state index >= 15 is 0 Å². The van der Waals surface area contributed by atoms with Crippen molar-refractivity contribution in [1.82, 2.24) is 35.5 Å². The minimum atomic E-state index is -0.485. The Morgan fingerprint density at radius 3 is 2.36 bits per heavy atom. The van der Waals surface area contributed by atoms with Crippen molar-refractivity contribution in [2.24, 2.45) is 16.3 Å². The lowest BCUT2D eigenvalue weighted by Gasteiger charge is -2.63. The molecule has 3 saturated heterocycles. The molecule has 0 saturated carbocycles. The summed E-state index contributed by atoms with van der Waals surface area (Å²) in [4.78, 5) is 86.2. The van der Waals surface area contributed by atoms with Crippen LogP contribution in [0.15, 0.2) is 90.2 Å². The Hall–Kier alpha value is -6.72. The molecular weight excluding hydrogens is 851 g/mol. The highest BCUT2D eigenvalue weighted by Gasteiger charge is 2.54. The Bertz CT molecular complexity index is 2430. The summed E-state index contributed by atoms with van der Waals surface area (Å²) in [7, 11) is 1.00. The molecule has 5 aliphatic heterocycles. The maximum atomic E-state index is 13.8. The Labute approximate surface area is 392 Å². The van der Waals surface area contributed by atoms with E-state index in [9.17, 15) is 24.0 Å². The number of benzene rings is 2. The second-order valence-electron chi connectivity index (χ2n) is 17.9. The lowest BCUT2D eigenvalue weighted by atomic mass is 9.71. The lowest BCUT2D eigenvalue weighted by molar-refractivity contribution is -0.125. The van der Waals surface area contributed by atoms with Crippen molar-refractivity contribution >= 4 is 64.6 Å². The number of aliphatic hydroxyl groups is 1. The van der Waals surface area contributed by atoms with Gasteiger partial charge >= 0.3 is 0 Å². The SMILES string of the molecule is C=CCN1N/C=C/C=C(/C)C(C(CC)CC)=Nc2nc(Nc3ccc(N4CCC(N5CC6(CN(c7cccc8c7C(=O)N(C(C)CCC(=O)NC=O)C8=O)C6)C5)CC4)cc3)ncc2C1=O.CO. The number of fused-ring (bicyclic) bond motifs is 2. The number of carbonyl (C=O) groups is 5. The van der Waals surface area contributed by atoms with Crippen molar-refractivity contribution in [3.8, 4) is 0 Å². The van der Waals surface area contributed by atoms with E-state index in [0.29, 0.717) is 40.9 Å². The summed E-state index contributed by atoms with van der Waals surface area (Å²) in [6.45, 7) is 17.8. The summed E-state index contributed by atoms with van der Waals surface area (Å²) in [6.07, 6.45) is 13.4. The minimum absolute atomic E-state index is 0.0389. The van der Waals surface area contributed by atoms with E-state index < -0.39 is 11.9 Å². The number of nitrogens with zero attached hydrogens (tertiary/aromatic N) is 8. The van der Waals surface area contributed by atoms with Gasteiger partial charge < -0.3 is 25.6 Å². The molecule has 67 heavy (non-hydrogen) atoms. The number of aromatic nitrogens is 2. The summed E-state index contributed by atoms with van der Waals surface area (Å²) in [5.74, 6) is -0.550. The Morgan fingerprint density at radius 1 is 0.970 bits per heavy atom. The van der Waals surface area contributed by atoms with Gasteiger partial charge in [-0.2, -0.15) is 4.98 Å². The van der Waals surface area contributed by atoms with E-state index in [2.05, 4.69) is 68.3 Å². The van der Waals surface area contributed by atoms with E-state index in [1.54, 1.807) is 31.5 Å². The molecule has 3 fully saturated rings. The van der Waals surface area contributed by atoms with Crippen LogP contribution in [0.5, 0.6) is 0 Å². The third kappa shape index (κ3) is 10.2. The van der Waals surface area contributed by atoms with Gasteiger partial charge in [0.15, 0.2) is 5.82 Å². The zero-order valence-electron chi connectivity index (χ0n) is 39.2. The van der Waals surface area contributed by atoms with E-state index in [4.69, 9.17) is 15.1 Å². The molecule has 1 aromatic heterocycles. The van der Waals surface area contributed by atoms with Crippen LogP contribution >= 0.6 is 0 Å². The van der Waals surface area contributed by atoms with Crippen molar-refractivity contribution in [3.63, 3.8) is 0 Å². The predicted molar refractivity (Wildman–Crippen MR) is 260 cm³/mol. The average Bonchev–Trinajstić information content (AvgIpc) is 3.57. The molecule has 0 aliphatic carbocycles. The molecule has 0 bridgehead atoms. The number of imide groups is 2. The van der Waals surface area contributed by atoms with E-state index in [0.717, 1.165) is 100 Å². The fourth-order valence-corrected chi connectivity index (χ4v) is 9.98. The van der Waals surface area contributed by atoms with Crippen molar-refractivity contribution in [2.75, 3.05) is 68.0 Å². The standard InChI is InChI=1S/C49H59N11O5.CH4O/c1-6-23-59-45(63)39-26-50-48(55-44(39)54-43(34(7-2)8-3)32(4)11-10-22-52-59)53-35-15-17-36(18-16-35)56-24-20-37(21-25-56)57-27-49(28-57)29-58(30-49)40-13-9-12-38-42(40)47(65)60(46(38)64)33(5)14-19-41(62)51-31-61;1-2/h6,9-13,15-18,22,26,31,33-34,37,52H,1,7-8,14,19-21,23-25,27-30H2,2-5H3,(H,50,53,55)(H,51,61,62);2H,1H3/b22-10+,32-11-,54-43?;. The molecule has 2 aromatic carbocycles. The molecule has 17 heteroatoms. The smallest absolute Gasteiger partial charge is 0.277 e. The third-order valence-electron chi connectivity index (χ3n) is 13.5. The topological polar surface area (TPSA) is 196 Å². The van der Waals surface area contributed by atoms with Crippen molar-refractivity contribution in [2.45, 2.75) is 78.3 Å². The second-order valence-corrected chi connectivity index (χ2v) is 17.9. The van der Waals surface area contributed by atoms with Crippen LogP contribution in [0.25, 0.3) is 0 Å². The number of likely N-dealkylation sites (tertiary alicyclic amines) is 1. The molecule has 5 amide bonds. The highest BCUT2D eigenvalue weighted by atomic mass is 16.2. The number of aliphatic imine (C=N–C) groups is 1. The van der Waals surface area contributed by atoms with Crippen LogP contribution in [0.2, 0.25) is 0 Å². The van der Waals surface area contributed by atoms with E-state index in [1.807, 2.05) is 43.3 Å². The Morgan fingerprint density at radius 2 is 1.69 bits per heavy atom. The van der Waals surface area contributed by atoms with Crippen LogP contribution in [0, 0.1) is 11.3 Å². The number of allylic oxidation sites excluding steroid dienone is 3. The summed E-state index contributed by atoms with van der Waals surface area (Å²) >= 11 is 0. The summed E-state index contributed by atoms with van der Waals surface area (Å²) in [6, 6.07) is 13.8. The summed E-state index contributed by atoms with van der Waals surface area (Å²) in [5.41, 5.74) is 9.07. The number of aliphatic hydroxyl groups excluding tert-OH is 1. The number of hydrazine groups is 1. The van der Waals surface area contributed by atoms with Gasteiger partial charge in [0.2, 0.25) is 18.3 Å². The summed E-state index contributed by atoms with van der Waals surface area (Å²) < 4.78 is 0. The van der Waals surface area contributed by atoms with Crippen LogP contribution in [0.1, 0.15) is 97.3 Å². The lowest BCUT2D eigenvalue weighted by Crippen LogP contribution is -2.74. The van der Waals surface area contributed by atoms with Crippen LogP contribution in [0.4, 0.5) is 28.8 Å². The van der Waals surface area contributed by atoms with Crippen LogP contribution in [-0.2, 0) is 9.59 Å². The monoisotopic (exact) mass is 913 g/mol. The van der Waals surface area contributed by atoms with Crippen LogP contribution < -0.4 is 25.9 Å². The Balaban J connectivity index is 0.00000329. The quantitative estimate of drug-likeness (QED) is 0.0816. The minimum Gasteiger partial charge on any atom is -0.400 e. The van der Waals surface area contributed by atoms with Gasteiger partial charge in [-0.25, -0.2) is 15.0 Å². The number of hydrogen-bond donors (Lipinski definition) is 4. The number of amides is 5. The van der Waals surface area contributed by atoms with Crippen molar-refractivity contribution < 1.29 is 29.1 Å². The first-order valence-electron chi connectivity index (χ1n) is 23.2. The molecule has 1 unspecified atom stereocenters. The van der Waals surface area contributed by atoms with Crippen LogP contribution in [-0.4, -0.2) is 131 Å². The van der Waals surface area contributed by atoms with E-state index in [-0.39, 0.29) is 48.4 Å². The van der Waals surface area contributed by atoms with Gasteiger partial charge in [-0.15, -0.1) is 6.58 Å². The number of anilines is 4.